The second kappa shape index (κ2) is 5.97. The van der Waals surface area contributed by atoms with E-state index in [1.54, 1.807) is 0 Å². The molecule has 0 radical (unpaired) electrons. The van der Waals surface area contributed by atoms with E-state index in [0.717, 1.165) is 6.26 Å². The molecule has 5 nitrogen and oxygen atoms in total. The van der Waals surface area contributed by atoms with Crippen molar-refractivity contribution in [3.8, 4) is 0 Å². The van der Waals surface area contributed by atoms with E-state index in [4.69, 9.17) is 4.74 Å². The van der Waals surface area contributed by atoms with Crippen LogP contribution in [0.2, 0.25) is 0 Å². The van der Waals surface area contributed by atoms with Crippen LogP contribution in [0.25, 0.3) is 0 Å². The lowest BCUT2D eigenvalue weighted by Crippen LogP contribution is -2.20. The van der Waals surface area contributed by atoms with Crippen LogP contribution in [0.1, 0.15) is 10.4 Å². The van der Waals surface area contributed by atoms with Crippen molar-refractivity contribution >= 4 is 15.8 Å². The maximum Gasteiger partial charge on any atom is 0.338 e. The van der Waals surface area contributed by atoms with Crippen molar-refractivity contribution in [2.75, 3.05) is 33.5 Å². The highest BCUT2D eigenvalue weighted by Crippen LogP contribution is 2.11. The van der Waals surface area contributed by atoms with Crippen molar-refractivity contribution in [2.24, 2.45) is 0 Å². The third kappa shape index (κ3) is 4.46. The fraction of sp³-hybridized carbons (Fsp3) is 0.417. The van der Waals surface area contributed by atoms with Gasteiger partial charge in [-0.05, 0) is 38.4 Å². The number of likely N-dealkylation sites (N-methyl/N-ethyl adjacent to an activating group) is 1. The first-order valence-corrected chi connectivity index (χ1v) is 7.32. The van der Waals surface area contributed by atoms with Crippen molar-refractivity contribution in [2.45, 2.75) is 4.90 Å². The van der Waals surface area contributed by atoms with Gasteiger partial charge in [-0.2, -0.15) is 0 Å². The number of carbonyl (C=O) groups excluding carboxylic acids is 1. The van der Waals surface area contributed by atoms with E-state index in [1.165, 1.54) is 24.3 Å². The molecule has 1 rings (SSSR count). The Balaban J connectivity index is 2.65. The highest BCUT2D eigenvalue weighted by Gasteiger charge is 2.10. The molecule has 0 bridgehead atoms. The average Bonchev–Trinajstić information content (AvgIpc) is 2.27. The monoisotopic (exact) mass is 271 g/mol. The number of nitrogens with zero attached hydrogens (tertiary/aromatic N) is 1. The minimum absolute atomic E-state index is 0.187. The first kappa shape index (κ1) is 14.7. The molecule has 0 atom stereocenters. The van der Waals surface area contributed by atoms with E-state index < -0.39 is 15.8 Å². The highest BCUT2D eigenvalue weighted by atomic mass is 32.2. The predicted octanol–water partition coefficient (Wildman–Crippen LogP) is 0.808. The van der Waals surface area contributed by atoms with Crippen LogP contribution in [0, 0.1) is 0 Å². The minimum atomic E-state index is -3.23. The zero-order valence-electron chi connectivity index (χ0n) is 10.7. The molecule has 1 aromatic carbocycles. The number of carbonyl (C=O) groups is 1. The normalized spacial score (nSPS) is 11.6. The topological polar surface area (TPSA) is 63.7 Å². The van der Waals surface area contributed by atoms with Crippen LogP contribution in [0.3, 0.4) is 0 Å². The van der Waals surface area contributed by atoms with Crippen LogP contribution in [0.4, 0.5) is 0 Å². The molecule has 0 N–H and O–H groups in total. The van der Waals surface area contributed by atoms with Crippen molar-refractivity contribution in [3.63, 3.8) is 0 Å². The second-order valence-corrected chi connectivity index (χ2v) is 6.25. The van der Waals surface area contributed by atoms with Crippen molar-refractivity contribution in [3.05, 3.63) is 29.8 Å². The van der Waals surface area contributed by atoms with Gasteiger partial charge in [0.25, 0.3) is 0 Å². The molecule has 0 aromatic heterocycles. The summed E-state index contributed by atoms with van der Waals surface area (Å²) in [6, 6.07) is 5.71. The lowest BCUT2D eigenvalue weighted by molar-refractivity contribution is 0.0481. The fourth-order valence-electron chi connectivity index (χ4n) is 1.24. The Morgan fingerprint density at radius 3 is 2.22 bits per heavy atom. The maximum absolute atomic E-state index is 11.6. The van der Waals surface area contributed by atoms with E-state index in [1.807, 2.05) is 19.0 Å². The van der Waals surface area contributed by atoms with Gasteiger partial charge in [0.2, 0.25) is 0 Å². The molecule has 18 heavy (non-hydrogen) atoms. The summed E-state index contributed by atoms with van der Waals surface area (Å²) >= 11 is 0. The summed E-state index contributed by atoms with van der Waals surface area (Å²) < 4.78 is 27.5. The molecule has 0 saturated heterocycles. The summed E-state index contributed by atoms with van der Waals surface area (Å²) in [5.41, 5.74) is 0.348. The van der Waals surface area contributed by atoms with Gasteiger partial charge in [0.15, 0.2) is 9.84 Å². The summed E-state index contributed by atoms with van der Waals surface area (Å²) in [6.45, 7) is 0.951. The van der Waals surface area contributed by atoms with E-state index in [0.29, 0.717) is 18.7 Å². The zero-order valence-corrected chi connectivity index (χ0v) is 11.5. The standard InChI is InChI=1S/C12H17NO4S/c1-13(2)8-9-17-12(14)10-4-6-11(7-5-10)18(3,15)16/h4-7H,8-9H2,1-3H3. The lowest BCUT2D eigenvalue weighted by Gasteiger charge is -2.10. The molecule has 6 heteroatoms. The summed E-state index contributed by atoms with van der Waals surface area (Å²) in [5, 5.41) is 0. The van der Waals surface area contributed by atoms with E-state index in [2.05, 4.69) is 0 Å². The average molecular weight is 271 g/mol. The Bertz CT molecular complexity index is 505. The first-order valence-electron chi connectivity index (χ1n) is 5.42. The SMILES string of the molecule is CN(C)CCOC(=O)c1ccc(S(C)(=O)=O)cc1. The van der Waals surface area contributed by atoms with Crippen LogP contribution in [-0.2, 0) is 14.6 Å². The van der Waals surface area contributed by atoms with Crippen LogP contribution < -0.4 is 0 Å². The molecule has 0 spiro atoms. The van der Waals surface area contributed by atoms with Gasteiger partial charge in [0.1, 0.15) is 6.61 Å². The Kier molecular flexibility index (Phi) is 4.86. The first-order chi connectivity index (χ1) is 8.30. The largest absolute Gasteiger partial charge is 0.461 e. The summed E-state index contributed by atoms with van der Waals surface area (Å²) in [5.74, 6) is -0.447. The van der Waals surface area contributed by atoms with Gasteiger partial charge in [0, 0.05) is 12.8 Å². The van der Waals surface area contributed by atoms with E-state index in [9.17, 15) is 13.2 Å². The van der Waals surface area contributed by atoms with Gasteiger partial charge < -0.3 is 9.64 Å². The number of esters is 1. The molecule has 100 valence electrons. The molecule has 0 aliphatic rings. The zero-order chi connectivity index (χ0) is 13.8. The Labute approximate surface area is 107 Å². The Morgan fingerprint density at radius 1 is 1.22 bits per heavy atom. The Hall–Kier alpha value is -1.40. The van der Waals surface area contributed by atoms with E-state index >= 15 is 0 Å². The van der Waals surface area contributed by atoms with Crippen molar-refractivity contribution in [1.29, 1.82) is 0 Å². The molecule has 0 aliphatic carbocycles. The third-order valence-corrected chi connectivity index (χ3v) is 3.42. The highest BCUT2D eigenvalue weighted by molar-refractivity contribution is 7.90. The van der Waals surface area contributed by atoms with Crippen LogP contribution in [-0.4, -0.2) is 52.8 Å². The maximum atomic E-state index is 11.6. The van der Waals surface area contributed by atoms with Crippen molar-refractivity contribution < 1.29 is 17.9 Å². The van der Waals surface area contributed by atoms with Crippen molar-refractivity contribution in [1.82, 2.24) is 4.90 Å². The Morgan fingerprint density at radius 2 is 1.78 bits per heavy atom. The number of ether oxygens (including phenoxy) is 1. The van der Waals surface area contributed by atoms with Gasteiger partial charge in [-0.1, -0.05) is 0 Å². The van der Waals surface area contributed by atoms with E-state index in [-0.39, 0.29) is 4.90 Å². The second-order valence-electron chi connectivity index (χ2n) is 4.24. The summed E-state index contributed by atoms with van der Waals surface area (Å²) in [4.78, 5) is 13.7. The number of rotatable bonds is 5. The molecule has 0 heterocycles. The number of benzene rings is 1. The molecular formula is C12H17NO4S. The molecule has 0 saturated carbocycles. The third-order valence-electron chi connectivity index (χ3n) is 2.29. The van der Waals surface area contributed by atoms with Gasteiger partial charge in [-0.25, -0.2) is 13.2 Å². The molecule has 0 amide bonds. The van der Waals surface area contributed by atoms with Crippen LogP contribution in [0.5, 0.6) is 0 Å². The minimum Gasteiger partial charge on any atom is -0.461 e. The van der Waals surface area contributed by atoms with Crippen LogP contribution in [0.15, 0.2) is 29.2 Å². The number of hydrogen-bond donors (Lipinski definition) is 0. The smallest absolute Gasteiger partial charge is 0.338 e. The lowest BCUT2D eigenvalue weighted by atomic mass is 10.2. The molecule has 1 aromatic rings. The van der Waals surface area contributed by atoms with Gasteiger partial charge in [0.05, 0.1) is 10.5 Å². The molecule has 0 fully saturated rings. The fourth-order valence-corrected chi connectivity index (χ4v) is 1.87. The number of sulfone groups is 1. The summed E-state index contributed by atoms with van der Waals surface area (Å²) in [6.07, 6.45) is 1.12. The van der Waals surface area contributed by atoms with Gasteiger partial charge >= 0.3 is 5.97 Å². The number of hydrogen-bond acceptors (Lipinski definition) is 5. The quantitative estimate of drug-likeness (QED) is 0.742. The van der Waals surface area contributed by atoms with Crippen LogP contribution >= 0.6 is 0 Å². The molecule has 0 unspecified atom stereocenters. The molecule has 0 aliphatic heterocycles. The molecular weight excluding hydrogens is 254 g/mol. The van der Waals surface area contributed by atoms with Gasteiger partial charge in [-0.3, -0.25) is 0 Å². The van der Waals surface area contributed by atoms with Gasteiger partial charge in [-0.15, -0.1) is 0 Å². The summed E-state index contributed by atoms with van der Waals surface area (Å²) in [7, 11) is 0.535. The predicted molar refractivity (Wildman–Crippen MR) is 68.4 cm³/mol.